The number of nitrogens with one attached hydrogen (secondary N) is 1. The highest BCUT2D eigenvalue weighted by Crippen LogP contribution is 2.29. The smallest absolute Gasteiger partial charge is 0.243 e. The summed E-state index contributed by atoms with van der Waals surface area (Å²) in [6, 6.07) is -0.126. The summed E-state index contributed by atoms with van der Waals surface area (Å²) in [5.41, 5.74) is 0. The van der Waals surface area contributed by atoms with Crippen LogP contribution in [0.1, 0.15) is 36.5 Å². The van der Waals surface area contributed by atoms with Gasteiger partial charge in [-0.05, 0) is 12.8 Å². The van der Waals surface area contributed by atoms with Crippen LogP contribution in [-0.2, 0) is 9.84 Å². The van der Waals surface area contributed by atoms with Crippen LogP contribution in [-0.4, -0.2) is 47.8 Å². The lowest BCUT2D eigenvalue weighted by molar-refractivity contribution is 0.191. The van der Waals surface area contributed by atoms with Crippen molar-refractivity contribution in [3.8, 4) is 0 Å². The second-order valence-corrected chi connectivity index (χ2v) is 7.17. The van der Waals surface area contributed by atoms with Crippen LogP contribution in [0.4, 0.5) is 0 Å². The van der Waals surface area contributed by atoms with E-state index in [4.69, 9.17) is 4.52 Å². The molecule has 2 saturated heterocycles. The maximum Gasteiger partial charge on any atom is 0.243 e. The molecule has 3 rings (SSSR count). The fraction of sp³-hybridized carbons (Fsp3) is 0.800. The van der Waals surface area contributed by atoms with Crippen molar-refractivity contribution in [2.75, 3.05) is 18.1 Å². The van der Waals surface area contributed by atoms with Crippen LogP contribution in [0.5, 0.6) is 0 Å². The van der Waals surface area contributed by atoms with Crippen molar-refractivity contribution in [1.82, 2.24) is 15.5 Å². The zero-order chi connectivity index (χ0) is 12.8. The van der Waals surface area contributed by atoms with Gasteiger partial charge in [0.2, 0.25) is 5.89 Å². The third kappa shape index (κ3) is 2.27. The number of sulfone groups is 1. The summed E-state index contributed by atoms with van der Waals surface area (Å²) >= 11 is 0. The molecule has 0 radical (unpaired) electrons. The normalized spacial score (nSPS) is 35.1. The molecule has 0 spiro atoms. The number of aromatic nitrogens is 2. The fourth-order valence-electron chi connectivity index (χ4n) is 2.46. The average Bonchev–Trinajstić information content (AvgIpc) is 2.96. The summed E-state index contributed by atoms with van der Waals surface area (Å²) in [5, 5.41) is 16.4. The fourth-order valence-corrected chi connectivity index (χ4v) is 4.20. The third-order valence-electron chi connectivity index (χ3n) is 3.46. The van der Waals surface area contributed by atoms with E-state index in [1.807, 2.05) is 0 Å². The van der Waals surface area contributed by atoms with Crippen LogP contribution in [0.25, 0.3) is 0 Å². The molecule has 2 fully saturated rings. The standard InChI is InChI=1S/C10H15N3O4S/c14-7-3-8(11-4-7)10-12-9(13-17-10)6-1-2-18(15,16)5-6/h6-8,11,14H,1-5H2. The van der Waals surface area contributed by atoms with E-state index in [-0.39, 0.29) is 23.5 Å². The van der Waals surface area contributed by atoms with E-state index >= 15 is 0 Å². The summed E-state index contributed by atoms with van der Waals surface area (Å²) in [5.74, 6) is 1.05. The minimum atomic E-state index is -2.94. The van der Waals surface area contributed by atoms with Crippen LogP contribution in [0.2, 0.25) is 0 Å². The maximum absolute atomic E-state index is 11.4. The lowest BCUT2D eigenvalue weighted by Gasteiger charge is -2.02. The van der Waals surface area contributed by atoms with E-state index in [2.05, 4.69) is 15.5 Å². The minimum absolute atomic E-state index is 0.104. The van der Waals surface area contributed by atoms with E-state index in [1.165, 1.54) is 0 Å². The zero-order valence-corrected chi connectivity index (χ0v) is 10.6. The molecular weight excluding hydrogens is 258 g/mol. The Morgan fingerprint density at radius 1 is 1.44 bits per heavy atom. The summed E-state index contributed by atoms with van der Waals surface area (Å²) < 4.78 is 27.9. The molecule has 3 heterocycles. The predicted molar refractivity (Wildman–Crippen MR) is 61.7 cm³/mol. The lowest BCUT2D eigenvalue weighted by atomic mass is 10.1. The summed E-state index contributed by atoms with van der Waals surface area (Å²) in [4.78, 5) is 4.26. The molecule has 18 heavy (non-hydrogen) atoms. The topological polar surface area (TPSA) is 105 Å². The van der Waals surface area contributed by atoms with Gasteiger partial charge in [-0.1, -0.05) is 5.16 Å². The summed E-state index contributed by atoms with van der Waals surface area (Å²) in [7, 11) is -2.94. The van der Waals surface area contributed by atoms with Crippen LogP contribution in [0.3, 0.4) is 0 Å². The molecule has 2 aliphatic rings. The number of nitrogens with zero attached hydrogens (tertiary/aromatic N) is 2. The van der Waals surface area contributed by atoms with Gasteiger partial charge in [0.15, 0.2) is 15.7 Å². The van der Waals surface area contributed by atoms with E-state index in [9.17, 15) is 13.5 Å². The first-order valence-electron chi connectivity index (χ1n) is 5.99. The van der Waals surface area contributed by atoms with E-state index in [1.54, 1.807) is 0 Å². The maximum atomic E-state index is 11.4. The van der Waals surface area contributed by atoms with Gasteiger partial charge < -0.3 is 14.9 Å². The highest BCUT2D eigenvalue weighted by atomic mass is 32.2. The largest absolute Gasteiger partial charge is 0.392 e. The van der Waals surface area contributed by atoms with Crippen molar-refractivity contribution >= 4 is 9.84 Å². The van der Waals surface area contributed by atoms with Crippen molar-refractivity contribution in [1.29, 1.82) is 0 Å². The van der Waals surface area contributed by atoms with Crippen molar-refractivity contribution < 1.29 is 18.0 Å². The molecule has 2 aliphatic heterocycles. The minimum Gasteiger partial charge on any atom is -0.392 e. The Labute approximate surface area is 104 Å². The van der Waals surface area contributed by atoms with Gasteiger partial charge in [-0.25, -0.2) is 8.42 Å². The second kappa shape index (κ2) is 4.29. The molecule has 0 bridgehead atoms. The van der Waals surface area contributed by atoms with Crippen LogP contribution >= 0.6 is 0 Å². The Morgan fingerprint density at radius 2 is 2.28 bits per heavy atom. The van der Waals surface area contributed by atoms with Crippen molar-refractivity contribution in [2.24, 2.45) is 0 Å². The first-order chi connectivity index (χ1) is 8.53. The van der Waals surface area contributed by atoms with Crippen LogP contribution in [0.15, 0.2) is 4.52 Å². The Bertz CT molecular complexity index is 541. The predicted octanol–water partition coefficient (Wildman–Crippen LogP) is -0.633. The molecule has 0 aromatic carbocycles. The number of aliphatic hydroxyl groups excluding tert-OH is 1. The number of β-amino-alcohol motifs (C(OH)–C–C–N with tert-alkyl or cyclic N) is 1. The summed E-state index contributed by atoms with van der Waals surface area (Å²) in [6.07, 6.45) is 0.712. The second-order valence-electron chi connectivity index (χ2n) is 4.94. The average molecular weight is 273 g/mol. The van der Waals surface area contributed by atoms with Gasteiger partial charge in [0.25, 0.3) is 0 Å². The van der Waals surface area contributed by atoms with Crippen molar-refractivity contribution in [3.63, 3.8) is 0 Å². The Kier molecular flexibility index (Phi) is 2.87. The third-order valence-corrected chi connectivity index (χ3v) is 5.23. The van der Waals surface area contributed by atoms with Gasteiger partial charge in [-0.2, -0.15) is 4.98 Å². The highest BCUT2D eigenvalue weighted by molar-refractivity contribution is 7.91. The van der Waals surface area contributed by atoms with Crippen LogP contribution < -0.4 is 5.32 Å². The molecule has 8 heteroatoms. The molecule has 0 aliphatic carbocycles. The molecule has 3 atom stereocenters. The molecular formula is C10H15N3O4S. The first-order valence-corrected chi connectivity index (χ1v) is 7.81. The molecule has 1 aromatic rings. The molecule has 2 N–H and O–H groups in total. The number of aliphatic hydroxyl groups is 1. The first kappa shape index (κ1) is 12.1. The zero-order valence-electron chi connectivity index (χ0n) is 9.74. The van der Waals surface area contributed by atoms with Gasteiger partial charge in [0.1, 0.15) is 0 Å². The van der Waals surface area contributed by atoms with Gasteiger partial charge in [-0.15, -0.1) is 0 Å². The Hall–Kier alpha value is -0.990. The van der Waals surface area contributed by atoms with E-state index in [0.29, 0.717) is 31.1 Å². The lowest BCUT2D eigenvalue weighted by Crippen LogP contribution is -2.15. The highest BCUT2D eigenvalue weighted by Gasteiger charge is 2.34. The molecule has 100 valence electrons. The summed E-state index contributed by atoms with van der Waals surface area (Å²) in [6.45, 7) is 0.514. The van der Waals surface area contributed by atoms with Crippen molar-refractivity contribution in [3.05, 3.63) is 11.7 Å². The quantitative estimate of drug-likeness (QED) is 0.738. The number of hydrogen-bond donors (Lipinski definition) is 2. The molecule has 0 saturated carbocycles. The molecule has 3 unspecified atom stereocenters. The van der Waals surface area contributed by atoms with Gasteiger partial charge >= 0.3 is 0 Å². The number of hydrogen-bond acceptors (Lipinski definition) is 7. The Morgan fingerprint density at radius 3 is 2.89 bits per heavy atom. The molecule has 1 aromatic heterocycles. The van der Waals surface area contributed by atoms with Crippen LogP contribution in [0, 0.1) is 0 Å². The van der Waals surface area contributed by atoms with Gasteiger partial charge in [0.05, 0.1) is 23.7 Å². The van der Waals surface area contributed by atoms with Gasteiger partial charge in [0, 0.05) is 12.5 Å². The molecule has 0 amide bonds. The number of rotatable bonds is 2. The van der Waals surface area contributed by atoms with Gasteiger partial charge in [-0.3, -0.25) is 0 Å². The molecule has 7 nitrogen and oxygen atoms in total. The SMILES string of the molecule is O=S1(=O)CCC(c2noc(C3CC(O)CN3)n2)C1. The van der Waals surface area contributed by atoms with Crippen molar-refractivity contribution in [2.45, 2.75) is 30.9 Å². The van der Waals surface area contributed by atoms with E-state index in [0.717, 1.165) is 0 Å². The van der Waals surface area contributed by atoms with E-state index < -0.39 is 15.9 Å². The Balaban J connectivity index is 1.74. The monoisotopic (exact) mass is 273 g/mol.